The van der Waals surface area contributed by atoms with Gasteiger partial charge in [0.2, 0.25) is 0 Å². The van der Waals surface area contributed by atoms with Crippen molar-refractivity contribution < 1.29 is 4.79 Å². The van der Waals surface area contributed by atoms with Gasteiger partial charge in [-0.15, -0.1) is 0 Å². The molecule has 1 amide bonds. The molecule has 3 nitrogen and oxygen atoms in total. The third-order valence-corrected chi connectivity index (χ3v) is 2.74. The molecule has 1 N–H and O–H groups in total. The number of benzene rings is 2. The van der Waals surface area contributed by atoms with Crippen molar-refractivity contribution >= 4 is 29.8 Å². The first kappa shape index (κ1) is 14.0. The van der Waals surface area contributed by atoms with Crippen molar-refractivity contribution in [1.29, 1.82) is 0 Å². The van der Waals surface area contributed by atoms with Gasteiger partial charge >= 0.3 is 0 Å². The largest absolute Gasteiger partial charge is 0.271 e. The summed E-state index contributed by atoms with van der Waals surface area (Å²) >= 11 is 5.81. The fraction of sp³-hybridized carbons (Fsp3) is 0. The Morgan fingerprint density at radius 3 is 2.65 bits per heavy atom. The molecule has 0 aromatic heterocycles. The van der Waals surface area contributed by atoms with Crippen LogP contribution in [0.15, 0.2) is 65.8 Å². The summed E-state index contributed by atoms with van der Waals surface area (Å²) in [6.07, 6.45) is 5.18. The third kappa shape index (κ3) is 4.37. The first-order valence-electron chi connectivity index (χ1n) is 6.06. The summed E-state index contributed by atoms with van der Waals surface area (Å²) < 4.78 is 0. The molecule has 0 unspecified atom stereocenters. The SMILES string of the molecule is O=C(N/N=C/C=C/c1ccccc1)c1cccc(Cl)c1. The smallest absolute Gasteiger partial charge is 0.267 e. The molecule has 2 aromatic rings. The molecule has 0 aliphatic heterocycles. The highest BCUT2D eigenvalue weighted by molar-refractivity contribution is 6.30. The van der Waals surface area contributed by atoms with E-state index in [1.54, 1.807) is 30.3 Å². The Morgan fingerprint density at radius 1 is 1.10 bits per heavy atom. The maximum absolute atomic E-state index is 11.7. The third-order valence-electron chi connectivity index (χ3n) is 2.50. The van der Waals surface area contributed by atoms with Gasteiger partial charge in [0, 0.05) is 16.8 Å². The lowest BCUT2D eigenvalue weighted by Crippen LogP contribution is -2.17. The summed E-state index contributed by atoms with van der Waals surface area (Å²) in [5, 5.41) is 4.36. The monoisotopic (exact) mass is 284 g/mol. The predicted molar refractivity (Wildman–Crippen MR) is 82.9 cm³/mol. The van der Waals surface area contributed by atoms with Crippen molar-refractivity contribution in [3.8, 4) is 0 Å². The number of rotatable bonds is 4. The van der Waals surface area contributed by atoms with Gasteiger partial charge < -0.3 is 0 Å². The lowest BCUT2D eigenvalue weighted by molar-refractivity contribution is 0.0955. The second kappa shape index (κ2) is 7.26. The summed E-state index contributed by atoms with van der Waals surface area (Å²) in [5.41, 5.74) is 3.98. The van der Waals surface area contributed by atoms with Gasteiger partial charge in [0.1, 0.15) is 0 Å². The summed E-state index contributed by atoms with van der Waals surface area (Å²) in [4.78, 5) is 11.7. The number of hydrazone groups is 1. The average molecular weight is 285 g/mol. The molecule has 0 aliphatic rings. The molecule has 4 heteroatoms. The maximum Gasteiger partial charge on any atom is 0.271 e. The van der Waals surface area contributed by atoms with E-state index in [1.807, 2.05) is 36.4 Å². The van der Waals surface area contributed by atoms with Gasteiger partial charge in [-0.2, -0.15) is 5.10 Å². The minimum Gasteiger partial charge on any atom is -0.267 e. The Morgan fingerprint density at radius 2 is 1.90 bits per heavy atom. The van der Waals surface area contributed by atoms with Crippen molar-refractivity contribution in [2.24, 2.45) is 5.10 Å². The predicted octanol–water partition coefficient (Wildman–Crippen LogP) is 3.77. The van der Waals surface area contributed by atoms with E-state index in [-0.39, 0.29) is 5.91 Å². The minimum absolute atomic E-state index is 0.295. The molecule has 0 radical (unpaired) electrons. The Kier molecular flexibility index (Phi) is 5.09. The molecular formula is C16H13ClN2O. The van der Waals surface area contributed by atoms with Crippen LogP contribution in [0.2, 0.25) is 5.02 Å². The summed E-state index contributed by atoms with van der Waals surface area (Å²) in [6, 6.07) is 16.5. The van der Waals surface area contributed by atoms with Gasteiger partial charge in [0.05, 0.1) is 0 Å². The van der Waals surface area contributed by atoms with E-state index < -0.39 is 0 Å². The van der Waals surface area contributed by atoms with Crippen LogP contribution in [0.4, 0.5) is 0 Å². The van der Waals surface area contributed by atoms with Crippen molar-refractivity contribution in [3.05, 3.63) is 76.8 Å². The Labute approximate surface area is 122 Å². The fourth-order valence-corrected chi connectivity index (χ4v) is 1.74. The normalized spacial score (nSPS) is 11.1. The number of halogens is 1. The van der Waals surface area contributed by atoms with Crippen molar-refractivity contribution in [1.82, 2.24) is 5.43 Å². The van der Waals surface area contributed by atoms with Gasteiger partial charge in [-0.25, -0.2) is 5.43 Å². The number of carbonyl (C=O) groups excluding carboxylic acids is 1. The first-order valence-corrected chi connectivity index (χ1v) is 6.44. The quantitative estimate of drug-likeness (QED) is 0.674. The van der Waals surface area contributed by atoms with E-state index in [0.29, 0.717) is 10.6 Å². The van der Waals surface area contributed by atoms with Crippen LogP contribution in [0.1, 0.15) is 15.9 Å². The standard InChI is InChI=1S/C16H13ClN2O/c17-15-10-4-9-14(12-15)16(20)19-18-11-5-8-13-6-2-1-3-7-13/h1-12H,(H,19,20)/b8-5+,18-11+. The Balaban J connectivity index is 1.87. The molecule has 0 heterocycles. The molecule has 0 bridgehead atoms. The van der Waals surface area contributed by atoms with Crippen LogP contribution in [0.3, 0.4) is 0 Å². The fourth-order valence-electron chi connectivity index (χ4n) is 1.55. The molecule has 20 heavy (non-hydrogen) atoms. The van der Waals surface area contributed by atoms with E-state index in [0.717, 1.165) is 5.56 Å². The van der Waals surface area contributed by atoms with Crippen LogP contribution in [-0.2, 0) is 0 Å². The highest BCUT2D eigenvalue weighted by atomic mass is 35.5. The molecular weight excluding hydrogens is 272 g/mol. The van der Waals surface area contributed by atoms with Gasteiger partial charge in [-0.05, 0) is 29.8 Å². The number of hydrogen-bond acceptors (Lipinski definition) is 2. The van der Waals surface area contributed by atoms with Crippen LogP contribution in [0.5, 0.6) is 0 Å². The molecule has 0 atom stereocenters. The van der Waals surface area contributed by atoms with Crippen molar-refractivity contribution in [2.75, 3.05) is 0 Å². The van der Waals surface area contributed by atoms with Crippen molar-refractivity contribution in [3.63, 3.8) is 0 Å². The van der Waals surface area contributed by atoms with Crippen LogP contribution in [0.25, 0.3) is 6.08 Å². The zero-order chi connectivity index (χ0) is 14.2. The van der Waals surface area contributed by atoms with E-state index in [9.17, 15) is 4.79 Å². The molecule has 0 spiro atoms. The zero-order valence-electron chi connectivity index (χ0n) is 10.7. The van der Waals surface area contributed by atoms with E-state index in [1.165, 1.54) is 6.21 Å². The molecule has 0 saturated heterocycles. The number of hydrogen-bond donors (Lipinski definition) is 1. The van der Waals surface area contributed by atoms with Crippen LogP contribution < -0.4 is 5.43 Å². The molecule has 100 valence electrons. The molecule has 0 saturated carbocycles. The molecule has 0 fully saturated rings. The lowest BCUT2D eigenvalue weighted by atomic mass is 10.2. The number of amides is 1. The maximum atomic E-state index is 11.7. The summed E-state index contributed by atoms with van der Waals surface area (Å²) in [5.74, 6) is -0.295. The van der Waals surface area contributed by atoms with Crippen molar-refractivity contribution in [2.45, 2.75) is 0 Å². The second-order valence-electron chi connectivity index (χ2n) is 4.00. The van der Waals surface area contributed by atoms with Gasteiger partial charge in [0.15, 0.2) is 0 Å². The topological polar surface area (TPSA) is 41.5 Å². The molecule has 0 aliphatic carbocycles. The number of nitrogens with one attached hydrogen (secondary N) is 1. The summed E-state index contributed by atoms with van der Waals surface area (Å²) in [6.45, 7) is 0. The number of nitrogens with zero attached hydrogens (tertiary/aromatic N) is 1. The Bertz CT molecular complexity index is 636. The van der Waals surface area contributed by atoms with Crippen LogP contribution in [0, 0.1) is 0 Å². The van der Waals surface area contributed by atoms with Gasteiger partial charge in [-0.1, -0.05) is 54.1 Å². The second-order valence-corrected chi connectivity index (χ2v) is 4.44. The average Bonchev–Trinajstić information content (AvgIpc) is 2.48. The highest BCUT2D eigenvalue weighted by Crippen LogP contribution is 2.10. The number of carbonyl (C=O) groups is 1. The summed E-state index contributed by atoms with van der Waals surface area (Å²) in [7, 11) is 0. The van der Waals surface area contributed by atoms with Gasteiger partial charge in [-0.3, -0.25) is 4.79 Å². The first-order chi connectivity index (χ1) is 9.75. The van der Waals surface area contributed by atoms with E-state index in [4.69, 9.17) is 11.6 Å². The number of allylic oxidation sites excluding steroid dienone is 1. The molecule has 2 aromatic carbocycles. The minimum atomic E-state index is -0.295. The highest BCUT2D eigenvalue weighted by Gasteiger charge is 2.03. The van der Waals surface area contributed by atoms with E-state index in [2.05, 4.69) is 10.5 Å². The van der Waals surface area contributed by atoms with Crippen LogP contribution >= 0.6 is 11.6 Å². The van der Waals surface area contributed by atoms with E-state index >= 15 is 0 Å². The van der Waals surface area contributed by atoms with Crippen LogP contribution in [-0.4, -0.2) is 12.1 Å². The molecule has 2 rings (SSSR count). The lowest BCUT2D eigenvalue weighted by Gasteiger charge is -1.99. The Hall–Kier alpha value is -2.39. The zero-order valence-corrected chi connectivity index (χ0v) is 11.4. The van der Waals surface area contributed by atoms with Gasteiger partial charge in [0.25, 0.3) is 5.91 Å².